The smallest absolute Gasteiger partial charge is 0.165 e. The summed E-state index contributed by atoms with van der Waals surface area (Å²) in [6, 6.07) is 9.29. The quantitative estimate of drug-likeness (QED) is 0.851. The summed E-state index contributed by atoms with van der Waals surface area (Å²) in [4.78, 5) is 11.8. The summed E-state index contributed by atoms with van der Waals surface area (Å²) in [5.74, 6) is -1.19. The molecule has 0 saturated carbocycles. The fourth-order valence-electron chi connectivity index (χ4n) is 2.52. The van der Waals surface area contributed by atoms with Crippen LogP contribution in [-0.2, 0) is 13.0 Å². The molecule has 1 aliphatic carbocycles. The van der Waals surface area contributed by atoms with Crippen molar-refractivity contribution in [2.75, 3.05) is 0 Å². The van der Waals surface area contributed by atoms with Crippen molar-refractivity contribution in [2.24, 2.45) is 0 Å². The molecule has 0 aliphatic heterocycles. The zero-order valence-corrected chi connectivity index (χ0v) is 11.4. The highest BCUT2D eigenvalue weighted by molar-refractivity contribution is 5.98. The number of carbonyl (C=O) groups is 1. The molecule has 0 saturated heterocycles. The molecule has 21 heavy (non-hydrogen) atoms. The van der Waals surface area contributed by atoms with Gasteiger partial charge in [0.25, 0.3) is 0 Å². The Morgan fingerprint density at radius 3 is 2.81 bits per heavy atom. The van der Waals surface area contributed by atoms with Crippen molar-refractivity contribution in [1.29, 1.82) is 0 Å². The lowest BCUT2D eigenvalue weighted by Gasteiger charge is -2.16. The number of ether oxygens (including phenoxy) is 1. The summed E-state index contributed by atoms with van der Waals surface area (Å²) in [5, 5.41) is 0. The Kier molecular flexibility index (Phi) is 3.69. The van der Waals surface area contributed by atoms with Gasteiger partial charge in [-0.15, -0.1) is 0 Å². The molecular weight excluding hydrogens is 274 g/mol. The van der Waals surface area contributed by atoms with E-state index in [0.29, 0.717) is 17.7 Å². The molecule has 0 bridgehead atoms. The molecule has 0 fully saturated rings. The van der Waals surface area contributed by atoms with E-state index in [1.807, 2.05) is 6.07 Å². The zero-order chi connectivity index (χ0) is 14.8. The van der Waals surface area contributed by atoms with Crippen molar-refractivity contribution in [1.82, 2.24) is 0 Å². The minimum absolute atomic E-state index is 0.0728. The molecule has 0 atom stereocenters. The molecule has 0 spiro atoms. The van der Waals surface area contributed by atoms with Crippen molar-refractivity contribution in [3.8, 4) is 5.75 Å². The lowest BCUT2D eigenvalue weighted by Crippen LogP contribution is -2.11. The molecule has 0 radical (unpaired) electrons. The van der Waals surface area contributed by atoms with Crippen LogP contribution in [0.15, 0.2) is 36.4 Å². The molecule has 2 aromatic rings. The van der Waals surface area contributed by atoms with E-state index in [0.717, 1.165) is 24.5 Å². The van der Waals surface area contributed by atoms with E-state index in [2.05, 4.69) is 0 Å². The summed E-state index contributed by atoms with van der Waals surface area (Å²) in [7, 11) is 0. The summed E-state index contributed by atoms with van der Waals surface area (Å²) in [5.41, 5.74) is 1.85. The molecule has 3 rings (SSSR count). The largest absolute Gasteiger partial charge is 0.489 e. The maximum Gasteiger partial charge on any atom is 0.165 e. The van der Waals surface area contributed by atoms with Crippen molar-refractivity contribution in [3.63, 3.8) is 0 Å². The van der Waals surface area contributed by atoms with Gasteiger partial charge in [0, 0.05) is 17.5 Å². The number of halogens is 2. The molecule has 2 aromatic carbocycles. The van der Waals surface area contributed by atoms with Crippen molar-refractivity contribution in [2.45, 2.75) is 25.9 Å². The minimum Gasteiger partial charge on any atom is -0.489 e. The first-order valence-electron chi connectivity index (χ1n) is 6.87. The maximum absolute atomic E-state index is 13.5. The summed E-state index contributed by atoms with van der Waals surface area (Å²) < 4.78 is 32.1. The Bertz CT molecular complexity index is 695. The van der Waals surface area contributed by atoms with Gasteiger partial charge in [-0.25, -0.2) is 8.78 Å². The number of carbonyl (C=O) groups excluding carboxylic acids is 1. The molecule has 0 N–H and O–H groups in total. The van der Waals surface area contributed by atoms with Crippen LogP contribution in [0.2, 0.25) is 0 Å². The number of rotatable bonds is 3. The normalized spacial score (nSPS) is 13.9. The standard InChI is InChI=1S/C17H14F2O2/c18-15-5-1-4-12(17(15)19)10-21-13-8-7-11-3-2-6-16(20)14(11)9-13/h1,4-5,7-9H,2-3,6,10H2. The van der Waals surface area contributed by atoms with Gasteiger partial charge in [0.15, 0.2) is 17.4 Å². The average Bonchev–Trinajstić information content (AvgIpc) is 2.49. The highest BCUT2D eigenvalue weighted by Crippen LogP contribution is 2.26. The summed E-state index contributed by atoms with van der Waals surface area (Å²) >= 11 is 0. The molecule has 0 unspecified atom stereocenters. The van der Waals surface area contributed by atoms with Crippen LogP contribution in [0.25, 0.3) is 0 Å². The number of Topliss-reactive ketones (excluding diaryl/α,β-unsaturated/α-hetero) is 1. The fourth-order valence-corrected chi connectivity index (χ4v) is 2.52. The third-order valence-electron chi connectivity index (χ3n) is 3.66. The van der Waals surface area contributed by atoms with E-state index in [9.17, 15) is 13.6 Å². The number of ketones is 1. The van der Waals surface area contributed by atoms with Crippen LogP contribution >= 0.6 is 0 Å². The van der Waals surface area contributed by atoms with Gasteiger partial charge >= 0.3 is 0 Å². The van der Waals surface area contributed by atoms with Crippen molar-refractivity contribution < 1.29 is 18.3 Å². The fraction of sp³-hybridized carbons (Fsp3) is 0.235. The van der Waals surface area contributed by atoms with E-state index in [-0.39, 0.29) is 18.0 Å². The van der Waals surface area contributed by atoms with Gasteiger partial charge in [-0.2, -0.15) is 0 Å². The van der Waals surface area contributed by atoms with Gasteiger partial charge in [-0.05, 0) is 36.6 Å². The monoisotopic (exact) mass is 288 g/mol. The molecule has 0 heterocycles. The second kappa shape index (κ2) is 5.64. The van der Waals surface area contributed by atoms with Crippen LogP contribution in [0, 0.1) is 11.6 Å². The number of aryl methyl sites for hydroxylation is 1. The van der Waals surface area contributed by atoms with E-state index in [1.54, 1.807) is 12.1 Å². The van der Waals surface area contributed by atoms with E-state index in [4.69, 9.17) is 4.74 Å². The Morgan fingerprint density at radius 2 is 1.95 bits per heavy atom. The average molecular weight is 288 g/mol. The van der Waals surface area contributed by atoms with Crippen molar-refractivity contribution >= 4 is 5.78 Å². The number of hydrogen-bond donors (Lipinski definition) is 0. The lowest BCUT2D eigenvalue weighted by atomic mass is 9.90. The predicted molar refractivity (Wildman–Crippen MR) is 74.4 cm³/mol. The van der Waals surface area contributed by atoms with Crippen LogP contribution in [0.3, 0.4) is 0 Å². The summed E-state index contributed by atoms with van der Waals surface area (Å²) in [6.07, 6.45) is 2.31. The van der Waals surface area contributed by atoms with E-state index < -0.39 is 11.6 Å². The van der Waals surface area contributed by atoms with Crippen LogP contribution in [0.4, 0.5) is 8.78 Å². The maximum atomic E-state index is 13.5. The molecule has 1 aliphatic rings. The van der Waals surface area contributed by atoms with Crippen LogP contribution in [0.5, 0.6) is 5.75 Å². The molecule has 4 heteroatoms. The van der Waals surface area contributed by atoms with Gasteiger partial charge in [0.05, 0.1) is 0 Å². The Hall–Kier alpha value is -2.23. The van der Waals surface area contributed by atoms with Gasteiger partial charge in [0.2, 0.25) is 0 Å². The summed E-state index contributed by atoms with van der Waals surface area (Å²) in [6.45, 7) is -0.0728. The van der Waals surface area contributed by atoms with Crippen LogP contribution < -0.4 is 4.74 Å². The second-order valence-electron chi connectivity index (χ2n) is 5.10. The first kappa shape index (κ1) is 13.7. The molecule has 0 amide bonds. The van der Waals surface area contributed by atoms with E-state index in [1.165, 1.54) is 12.1 Å². The third kappa shape index (κ3) is 2.79. The Labute approximate surface area is 121 Å². The first-order valence-corrected chi connectivity index (χ1v) is 6.87. The number of benzene rings is 2. The topological polar surface area (TPSA) is 26.3 Å². The lowest BCUT2D eigenvalue weighted by molar-refractivity contribution is 0.0972. The third-order valence-corrected chi connectivity index (χ3v) is 3.66. The Morgan fingerprint density at radius 1 is 1.10 bits per heavy atom. The molecular formula is C17H14F2O2. The van der Waals surface area contributed by atoms with E-state index >= 15 is 0 Å². The van der Waals surface area contributed by atoms with Crippen LogP contribution in [-0.4, -0.2) is 5.78 Å². The van der Waals surface area contributed by atoms with Gasteiger partial charge < -0.3 is 4.74 Å². The highest BCUT2D eigenvalue weighted by atomic mass is 19.2. The van der Waals surface area contributed by atoms with Crippen molar-refractivity contribution in [3.05, 3.63) is 64.7 Å². The van der Waals surface area contributed by atoms with Gasteiger partial charge in [-0.3, -0.25) is 4.79 Å². The SMILES string of the molecule is O=C1CCCc2ccc(OCc3cccc(F)c3F)cc21. The molecule has 2 nitrogen and oxygen atoms in total. The number of fused-ring (bicyclic) bond motifs is 1. The van der Waals surface area contributed by atoms with Gasteiger partial charge in [-0.1, -0.05) is 18.2 Å². The zero-order valence-electron chi connectivity index (χ0n) is 11.4. The van der Waals surface area contributed by atoms with Gasteiger partial charge in [0.1, 0.15) is 12.4 Å². The predicted octanol–water partition coefficient (Wildman–Crippen LogP) is 4.06. The van der Waals surface area contributed by atoms with Crippen LogP contribution in [0.1, 0.15) is 34.3 Å². The second-order valence-corrected chi connectivity index (χ2v) is 5.10. The first-order chi connectivity index (χ1) is 10.1. The Balaban J connectivity index is 1.78. The number of hydrogen-bond acceptors (Lipinski definition) is 2. The highest BCUT2D eigenvalue weighted by Gasteiger charge is 2.17. The molecule has 108 valence electrons. The molecule has 0 aromatic heterocycles. The minimum atomic E-state index is -0.897.